The third-order valence-corrected chi connectivity index (χ3v) is 2.85. The minimum absolute atomic E-state index is 0.156. The predicted molar refractivity (Wildman–Crippen MR) is 67.0 cm³/mol. The summed E-state index contributed by atoms with van der Waals surface area (Å²) in [6.07, 6.45) is 0. The molecule has 7 nitrogen and oxygen atoms in total. The van der Waals surface area contributed by atoms with E-state index in [0.717, 1.165) is 10.9 Å². The van der Waals surface area contributed by atoms with E-state index in [1.807, 2.05) is 24.3 Å². The Hall–Kier alpha value is -3.14. The molecule has 0 aliphatic rings. The Bertz CT molecular complexity index is 841. The predicted octanol–water partition coefficient (Wildman–Crippen LogP) is 1.64. The molecular formula is C13H8N4O3. The lowest BCUT2D eigenvalue weighted by Gasteiger charge is -1.98. The Morgan fingerprint density at radius 3 is 2.95 bits per heavy atom. The normalized spacial score (nSPS) is 10.6. The van der Waals surface area contributed by atoms with Gasteiger partial charge in [-0.1, -0.05) is 17.3 Å². The molecule has 2 aromatic heterocycles. The van der Waals surface area contributed by atoms with Gasteiger partial charge in [-0.15, -0.1) is 0 Å². The fourth-order valence-corrected chi connectivity index (χ4v) is 1.97. The molecule has 0 radical (unpaired) electrons. The number of nitrogens with zero attached hydrogens (tertiary/aromatic N) is 4. The second-order valence-corrected chi connectivity index (χ2v) is 4.12. The van der Waals surface area contributed by atoms with Crippen LogP contribution in [-0.2, 0) is 6.54 Å². The highest BCUT2D eigenvalue weighted by Crippen LogP contribution is 2.19. The van der Waals surface area contributed by atoms with E-state index >= 15 is 0 Å². The maximum atomic E-state index is 10.7. The SMILES string of the molecule is N#Cc1nn(Cc2cc(C(=O)O)no2)c2ccccc12. The summed E-state index contributed by atoms with van der Waals surface area (Å²) in [6, 6.07) is 10.7. The zero-order valence-electron chi connectivity index (χ0n) is 10.1. The van der Waals surface area contributed by atoms with Gasteiger partial charge in [-0.3, -0.25) is 4.68 Å². The van der Waals surface area contributed by atoms with Gasteiger partial charge in [-0.25, -0.2) is 4.79 Å². The molecule has 1 N–H and O–H groups in total. The summed E-state index contributed by atoms with van der Waals surface area (Å²) in [5.74, 6) is -0.789. The summed E-state index contributed by atoms with van der Waals surface area (Å²) in [5, 5.41) is 26.2. The van der Waals surface area contributed by atoms with Crippen LogP contribution in [0.1, 0.15) is 21.9 Å². The summed E-state index contributed by atoms with van der Waals surface area (Å²) < 4.78 is 6.53. The van der Waals surface area contributed by atoms with Crippen molar-refractivity contribution in [1.82, 2.24) is 14.9 Å². The highest BCUT2D eigenvalue weighted by molar-refractivity contribution is 5.85. The second-order valence-electron chi connectivity index (χ2n) is 4.12. The van der Waals surface area contributed by atoms with Gasteiger partial charge in [0, 0.05) is 11.5 Å². The maximum Gasteiger partial charge on any atom is 0.358 e. The number of carboxylic acid groups (broad SMARTS) is 1. The van der Waals surface area contributed by atoms with Gasteiger partial charge in [0.05, 0.1) is 5.52 Å². The van der Waals surface area contributed by atoms with Crippen molar-refractivity contribution in [2.75, 3.05) is 0 Å². The van der Waals surface area contributed by atoms with E-state index in [1.165, 1.54) is 6.07 Å². The van der Waals surface area contributed by atoms with Crippen molar-refractivity contribution in [3.63, 3.8) is 0 Å². The first-order valence-corrected chi connectivity index (χ1v) is 5.73. The average Bonchev–Trinajstić information content (AvgIpc) is 3.05. The Balaban J connectivity index is 2.02. The average molecular weight is 268 g/mol. The zero-order valence-corrected chi connectivity index (χ0v) is 10.1. The highest BCUT2D eigenvalue weighted by Gasteiger charge is 2.14. The number of benzene rings is 1. The van der Waals surface area contributed by atoms with Crippen molar-refractivity contribution >= 4 is 16.9 Å². The number of carbonyl (C=O) groups is 1. The van der Waals surface area contributed by atoms with Crippen LogP contribution in [0.4, 0.5) is 0 Å². The quantitative estimate of drug-likeness (QED) is 0.774. The largest absolute Gasteiger partial charge is 0.476 e. The molecule has 0 saturated carbocycles. The van der Waals surface area contributed by atoms with E-state index in [9.17, 15) is 4.79 Å². The number of rotatable bonds is 3. The first kappa shape index (κ1) is 11.9. The summed E-state index contributed by atoms with van der Waals surface area (Å²) in [7, 11) is 0. The molecule has 0 amide bonds. The Morgan fingerprint density at radius 1 is 1.45 bits per heavy atom. The lowest BCUT2D eigenvalue weighted by atomic mass is 10.2. The van der Waals surface area contributed by atoms with Crippen molar-refractivity contribution in [2.45, 2.75) is 6.54 Å². The van der Waals surface area contributed by atoms with Crippen LogP contribution in [0.15, 0.2) is 34.9 Å². The zero-order chi connectivity index (χ0) is 14.1. The van der Waals surface area contributed by atoms with Crippen molar-refractivity contribution in [3.8, 4) is 6.07 Å². The van der Waals surface area contributed by atoms with Crippen molar-refractivity contribution < 1.29 is 14.4 Å². The van der Waals surface area contributed by atoms with Crippen LogP contribution in [0.2, 0.25) is 0 Å². The van der Waals surface area contributed by atoms with Gasteiger partial charge >= 0.3 is 5.97 Å². The van der Waals surface area contributed by atoms with Gasteiger partial charge in [0.1, 0.15) is 12.6 Å². The van der Waals surface area contributed by atoms with Gasteiger partial charge in [0.2, 0.25) is 0 Å². The fourth-order valence-electron chi connectivity index (χ4n) is 1.97. The molecule has 98 valence electrons. The van der Waals surface area contributed by atoms with Crippen LogP contribution in [0.5, 0.6) is 0 Å². The van der Waals surface area contributed by atoms with Crippen molar-refractivity contribution in [1.29, 1.82) is 5.26 Å². The number of hydrogen-bond donors (Lipinski definition) is 1. The molecule has 3 rings (SSSR count). The van der Waals surface area contributed by atoms with Crippen LogP contribution in [0.3, 0.4) is 0 Å². The molecule has 0 spiro atoms. The first-order valence-electron chi connectivity index (χ1n) is 5.73. The first-order chi connectivity index (χ1) is 9.69. The third kappa shape index (κ3) is 1.89. The van der Waals surface area contributed by atoms with Crippen LogP contribution >= 0.6 is 0 Å². The third-order valence-electron chi connectivity index (χ3n) is 2.85. The minimum Gasteiger partial charge on any atom is -0.476 e. The van der Waals surface area contributed by atoms with Gasteiger partial charge < -0.3 is 9.63 Å². The number of nitriles is 1. The Kier molecular flexibility index (Phi) is 2.69. The fraction of sp³-hybridized carbons (Fsp3) is 0.0769. The van der Waals surface area contributed by atoms with Gasteiger partial charge in [0.25, 0.3) is 0 Å². The number of fused-ring (bicyclic) bond motifs is 1. The number of aromatic nitrogens is 3. The van der Waals surface area contributed by atoms with Crippen LogP contribution in [-0.4, -0.2) is 26.0 Å². The van der Waals surface area contributed by atoms with Crippen molar-refractivity contribution in [3.05, 3.63) is 47.5 Å². The maximum absolute atomic E-state index is 10.7. The molecular weight excluding hydrogens is 260 g/mol. The molecule has 0 bridgehead atoms. The van der Waals surface area contributed by atoms with Crippen LogP contribution < -0.4 is 0 Å². The van der Waals surface area contributed by atoms with E-state index in [0.29, 0.717) is 11.5 Å². The molecule has 0 aliphatic carbocycles. The molecule has 7 heteroatoms. The standard InChI is InChI=1S/C13H8N4O3/c14-6-11-9-3-1-2-4-12(9)17(15-11)7-8-5-10(13(18)19)16-20-8/h1-5H,7H2,(H,18,19). The molecule has 0 fully saturated rings. The van der Waals surface area contributed by atoms with E-state index in [2.05, 4.69) is 10.3 Å². The number of aromatic carboxylic acids is 1. The Labute approximate surface area is 112 Å². The Morgan fingerprint density at radius 2 is 2.25 bits per heavy atom. The monoisotopic (exact) mass is 268 g/mol. The lowest BCUT2D eigenvalue weighted by molar-refractivity contribution is 0.0685. The van der Waals surface area contributed by atoms with Gasteiger partial charge in [0.15, 0.2) is 17.1 Å². The molecule has 1 aromatic carbocycles. The van der Waals surface area contributed by atoms with Crippen LogP contribution in [0.25, 0.3) is 10.9 Å². The van der Waals surface area contributed by atoms with Gasteiger partial charge in [-0.2, -0.15) is 10.4 Å². The summed E-state index contributed by atoms with van der Waals surface area (Å²) in [4.78, 5) is 10.7. The van der Waals surface area contributed by atoms with E-state index in [-0.39, 0.29) is 12.2 Å². The molecule has 0 saturated heterocycles. The van der Waals surface area contributed by atoms with Crippen LogP contribution in [0, 0.1) is 11.3 Å². The summed E-state index contributed by atoms with van der Waals surface area (Å²) >= 11 is 0. The number of hydrogen-bond acceptors (Lipinski definition) is 5. The topological polar surface area (TPSA) is 105 Å². The molecule has 3 aromatic rings. The number of carboxylic acids is 1. The smallest absolute Gasteiger partial charge is 0.358 e. The lowest BCUT2D eigenvalue weighted by Crippen LogP contribution is -2.01. The van der Waals surface area contributed by atoms with E-state index in [4.69, 9.17) is 14.9 Å². The molecule has 0 aliphatic heterocycles. The van der Waals surface area contributed by atoms with E-state index < -0.39 is 5.97 Å². The molecule has 2 heterocycles. The van der Waals surface area contributed by atoms with Gasteiger partial charge in [-0.05, 0) is 12.1 Å². The van der Waals surface area contributed by atoms with E-state index in [1.54, 1.807) is 10.7 Å². The van der Waals surface area contributed by atoms with Crippen molar-refractivity contribution in [2.24, 2.45) is 0 Å². The summed E-state index contributed by atoms with van der Waals surface area (Å²) in [5.41, 5.74) is 0.938. The highest BCUT2D eigenvalue weighted by atomic mass is 16.5. The number of para-hydroxylation sites is 1. The summed E-state index contributed by atoms with van der Waals surface area (Å²) in [6.45, 7) is 0.211. The molecule has 0 atom stereocenters. The minimum atomic E-state index is -1.15. The molecule has 0 unspecified atom stereocenters. The second kappa shape index (κ2) is 4.51. The molecule has 20 heavy (non-hydrogen) atoms.